The van der Waals surface area contributed by atoms with Crippen LogP contribution in [0.2, 0.25) is 0 Å². The van der Waals surface area contributed by atoms with Crippen molar-refractivity contribution in [2.45, 2.75) is 47.0 Å². The Morgan fingerprint density at radius 3 is 1.92 bits per heavy atom. The van der Waals surface area contributed by atoms with Gasteiger partial charge in [-0.1, -0.05) is 39.2 Å². The first kappa shape index (κ1) is 26.7. The van der Waals surface area contributed by atoms with Crippen LogP contribution in [0.3, 0.4) is 0 Å². The molecular formula is C22H28Cl2Zr-2. The third kappa shape index (κ3) is 11.0. The smallest absolute Gasteiger partial charge is 0.0635 e. The summed E-state index contributed by atoms with van der Waals surface area (Å²) in [7, 11) is 0. The summed E-state index contributed by atoms with van der Waals surface area (Å²) in [6.45, 7) is 13.1. The number of benzene rings is 1. The van der Waals surface area contributed by atoms with Crippen molar-refractivity contribution in [2.24, 2.45) is 0 Å². The van der Waals surface area contributed by atoms with E-state index >= 15 is 0 Å². The van der Waals surface area contributed by atoms with E-state index in [-0.39, 0.29) is 24.8 Å². The topological polar surface area (TPSA) is 0 Å². The van der Waals surface area contributed by atoms with Crippen molar-refractivity contribution < 1.29 is 49.0 Å². The van der Waals surface area contributed by atoms with Gasteiger partial charge in [-0.25, -0.2) is 6.07 Å². The summed E-state index contributed by atoms with van der Waals surface area (Å²) in [5, 5.41) is 2.66. The van der Waals surface area contributed by atoms with Gasteiger partial charge in [0, 0.05) is 0 Å². The molecule has 0 bridgehead atoms. The van der Waals surface area contributed by atoms with Gasteiger partial charge in [-0.2, -0.15) is 40.8 Å². The summed E-state index contributed by atoms with van der Waals surface area (Å²) in [4.78, 5) is 0. The molecule has 136 valence electrons. The molecule has 3 heteroatoms. The van der Waals surface area contributed by atoms with E-state index in [1.807, 2.05) is 0 Å². The summed E-state index contributed by atoms with van der Waals surface area (Å²) >= 11 is 1.55. The van der Waals surface area contributed by atoms with Gasteiger partial charge in [0.2, 0.25) is 0 Å². The van der Waals surface area contributed by atoms with Crippen molar-refractivity contribution in [2.75, 3.05) is 0 Å². The molecule has 0 aliphatic heterocycles. The Hall–Kier alpha value is -0.487. The zero-order valence-corrected chi connectivity index (χ0v) is 20.0. The minimum atomic E-state index is 0. The fourth-order valence-corrected chi connectivity index (χ4v) is 2.10. The summed E-state index contributed by atoms with van der Waals surface area (Å²) in [6.07, 6.45) is 0. The predicted octanol–water partition coefficient (Wildman–Crippen LogP) is 0.324. The van der Waals surface area contributed by atoms with Crippen molar-refractivity contribution in [3.63, 3.8) is 0 Å². The molecule has 0 amide bonds. The third-order valence-corrected chi connectivity index (χ3v) is 3.32. The van der Waals surface area contributed by atoms with Crippen LogP contribution in [0.15, 0.2) is 60.7 Å². The van der Waals surface area contributed by atoms with Crippen molar-refractivity contribution in [1.29, 1.82) is 0 Å². The number of halogens is 2. The Labute approximate surface area is 180 Å². The van der Waals surface area contributed by atoms with Crippen LogP contribution in [-0.2, 0) is 29.7 Å². The van der Waals surface area contributed by atoms with Gasteiger partial charge in [-0.15, -0.1) is 29.7 Å². The number of rotatable bonds is 0. The van der Waals surface area contributed by atoms with E-state index in [4.69, 9.17) is 0 Å². The van der Waals surface area contributed by atoms with Crippen LogP contribution in [-0.4, -0.2) is 3.21 Å². The summed E-state index contributed by atoms with van der Waals surface area (Å²) < 4.78 is 1.51. The van der Waals surface area contributed by atoms with Crippen LogP contribution < -0.4 is 24.8 Å². The molecule has 0 heterocycles. The average molecular weight is 455 g/mol. The zero-order valence-electron chi connectivity index (χ0n) is 16.0. The maximum atomic E-state index is 2.25. The molecule has 0 unspecified atom stereocenters. The second-order valence-electron chi connectivity index (χ2n) is 7.08. The minimum Gasteiger partial charge on any atom is -1.00 e. The van der Waals surface area contributed by atoms with Crippen LogP contribution in [0.5, 0.6) is 0 Å². The minimum absolute atomic E-state index is 0. The monoisotopic (exact) mass is 452 g/mol. The average Bonchev–Trinajstić information content (AvgIpc) is 3.06. The van der Waals surface area contributed by atoms with Gasteiger partial charge in [0.1, 0.15) is 0 Å². The first-order chi connectivity index (χ1) is 10.7. The van der Waals surface area contributed by atoms with Gasteiger partial charge in [0.15, 0.2) is 0 Å². The second kappa shape index (κ2) is 12.8. The molecule has 0 saturated heterocycles. The Kier molecular flexibility index (Phi) is 13.7. The van der Waals surface area contributed by atoms with Gasteiger partial charge >= 0.3 is 41.3 Å². The van der Waals surface area contributed by atoms with E-state index in [0.717, 1.165) is 0 Å². The van der Waals surface area contributed by atoms with E-state index in [1.54, 1.807) is 24.2 Å². The molecule has 0 fully saturated rings. The summed E-state index contributed by atoms with van der Waals surface area (Å²) in [5.74, 6) is 0. The van der Waals surface area contributed by atoms with Gasteiger partial charge < -0.3 is 24.8 Å². The SMILES string of the molecule is C[C](C)=[Zr+2].Cc1cc(C(C)(C)C)c[cH-]1.[Cl-].[Cl-].c1ccc2[cH-]ccc2c1. The molecule has 0 nitrogen and oxygen atoms in total. The fraction of sp³-hybridized carbons (Fsp3) is 0.318. The largest absolute Gasteiger partial charge is 1.00 e. The predicted molar refractivity (Wildman–Crippen MR) is 101 cm³/mol. The number of fused-ring (bicyclic) bond motifs is 1. The van der Waals surface area contributed by atoms with E-state index < -0.39 is 0 Å². The van der Waals surface area contributed by atoms with Gasteiger partial charge in [0.25, 0.3) is 0 Å². The molecule has 0 N–H and O–H groups in total. The van der Waals surface area contributed by atoms with Crippen molar-refractivity contribution in [3.05, 3.63) is 71.8 Å². The molecular weight excluding hydrogens is 426 g/mol. The zero-order chi connectivity index (χ0) is 17.5. The first-order valence-electron chi connectivity index (χ1n) is 8.06. The molecule has 0 aliphatic carbocycles. The normalized spacial score (nSPS) is 9.60. The summed E-state index contributed by atoms with van der Waals surface area (Å²) in [6, 6.07) is 21.3. The first-order valence-corrected chi connectivity index (χ1v) is 9.29. The number of aryl methyl sites for hydroxylation is 1. The molecule has 0 aromatic heterocycles. The Balaban J connectivity index is 0. The van der Waals surface area contributed by atoms with Crippen molar-refractivity contribution in [3.8, 4) is 0 Å². The fourth-order valence-electron chi connectivity index (χ4n) is 2.10. The van der Waals surface area contributed by atoms with E-state index in [0.29, 0.717) is 5.41 Å². The van der Waals surface area contributed by atoms with Crippen LogP contribution in [0.4, 0.5) is 0 Å². The maximum Gasteiger partial charge on any atom is -0.0635 e. The molecule has 0 aliphatic rings. The van der Waals surface area contributed by atoms with Gasteiger partial charge in [-0.3, -0.25) is 0 Å². The molecule has 0 atom stereocenters. The second-order valence-corrected chi connectivity index (χ2v) is 9.54. The number of hydrogen-bond donors (Lipinski definition) is 0. The van der Waals surface area contributed by atoms with Crippen molar-refractivity contribution >= 4 is 14.0 Å². The molecule has 3 aromatic carbocycles. The number of hydrogen-bond acceptors (Lipinski definition) is 0. The van der Waals surface area contributed by atoms with Crippen LogP contribution in [0.25, 0.3) is 10.8 Å². The molecule has 0 spiro atoms. The van der Waals surface area contributed by atoms with E-state index in [9.17, 15) is 0 Å². The maximum absolute atomic E-state index is 2.25. The molecule has 0 saturated carbocycles. The molecule has 0 radical (unpaired) electrons. The Bertz CT molecular complexity index is 695. The standard InChI is InChI=1S/C10H15.C9H7.C3H6.2ClH.Zr/c1-8-5-6-9(7-8)10(2,3)4;1-2-5-9-7-3-6-8(9)4-1;1-3-2;;;/h5-7H,1-4H3;1-7H;1-2H3;2*1H;/q2*-1;;;;+2/p-2. The van der Waals surface area contributed by atoms with Gasteiger partial charge in [0.05, 0.1) is 0 Å². The molecule has 25 heavy (non-hydrogen) atoms. The third-order valence-electron chi connectivity index (χ3n) is 3.32. The quantitative estimate of drug-likeness (QED) is 0.430. The Morgan fingerprint density at radius 2 is 1.52 bits per heavy atom. The Morgan fingerprint density at radius 1 is 0.960 bits per heavy atom. The van der Waals surface area contributed by atoms with E-state index in [2.05, 4.69) is 102 Å². The van der Waals surface area contributed by atoms with E-state index in [1.165, 1.54) is 25.1 Å². The van der Waals surface area contributed by atoms with Gasteiger partial charge in [-0.05, 0) is 0 Å². The van der Waals surface area contributed by atoms with Crippen LogP contribution in [0.1, 0.15) is 45.7 Å². The van der Waals surface area contributed by atoms with Crippen LogP contribution >= 0.6 is 0 Å². The molecule has 3 aromatic rings. The van der Waals surface area contributed by atoms with Crippen LogP contribution in [0, 0.1) is 6.92 Å². The summed E-state index contributed by atoms with van der Waals surface area (Å²) in [5.41, 5.74) is 3.11. The molecule has 3 rings (SSSR count). The van der Waals surface area contributed by atoms with Crippen molar-refractivity contribution in [1.82, 2.24) is 0 Å².